The lowest BCUT2D eigenvalue weighted by Gasteiger charge is -2.42. The quantitative estimate of drug-likeness (QED) is 0.471. The maximum absolute atomic E-state index is 13.8. The molecule has 0 bridgehead atoms. The maximum atomic E-state index is 13.8. The van der Waals surface area contributed by atoms with Gasteiger partial charge in [0.2, 0.25) is 5.95 Å². The average Bonchev–Trinajstić information content (AvgIpc) is 3.33. The number of hydrogen-bond donors (Lipinski definition) is 1. The zero-order valence-electron chi connectivity index (χ0n) is 21.3. The lowest BCUT2D eigenvalue weighted by Crippen LogP contribution is -2.53. The average molecular weight is 531 g/mol. The third-order valence-electron chi connectivity index (χ3n) is 7.28. The molecule has 2 fully saturated rings. The van der Waals surface area contributed by atoms with E-state index in [1.165, 1.54) is 18.3 Å². The number of hydrogen-bond acceptors (Lipinski definition) is 7. The summed E-state index contributed by atoms with van der Waals surface area (Å²) in [6, 6.07) is 9.08. The fourth-order valence-electron chi connectivity index (χ4n) is 5.23. The molecule has 5 rings (SSSR count). The molecule has 4 heterocycles. The van der Waals surface area contributed by atoms with Gasteiger partial charge in [0, 0.05) is 56.1 Å². The smallest absolute Gasteiger partial charge is 0.392 e. The molecule has 2 aromatic heterocycles. The normalized spacial score (nSPS) is 20.3. The van der Waals surface area contributed by atoms with Crippen molar-refractivity contribution >= 4 is 17.6 Å². The summed E-state index contributed by atoms with van der Waals surface area (Å²) in [7, 11) is 0. The number of aliphatic hydroxyl groups excluding tert-OH is 1. The van der Waals surface area contributed by atoms with Crippen molar-refractivity contribution in [1.29, 1.82) is 0 Å². The van der Waals surface area contributed by atoms with E-state index in [9.17, 15) is 22.7 Å². The summed E-state index contributed by atoms with van der Waals surface area (Å²) in [5.74, 6) is 0.810. The third kappa shape index (κ3) is 5.24. The number of aromatic nitrogens is 3. The first kappa shape index (κ1) is 26.1. The van der Waals surface area contributed by atoms with Crippen LogP contribution in [0.5, 0.6) is 0 Å². The van der Waals surface area contributed by atoms with Gasteiger partial charge in [-0.2, -0.15) is 18.2 Å². The summed E-state index contributed by atoms with van der Waals surface area (Å²) in [6.07, 6.45) is -1.23. The van der Waals surface area contributed by atoms with Crippen LogP contribution in [0, 0.1) is 5.82 Å². The van der Waals surface area contributed by atoms with Crippen molar-refractivity contribution in [1.82, 2.24) is 15.0 Å². The molecule has 1 aromatic carbocycles. The first-order valence-corrected chi connectivity index (χ1v) is 12.7. The molecule has 2 saturated heterocycles. The van der Waals surface area contributed by atoms with Crippen molar-refractivity contribution in [3.05, 3.63) is 59.5 Å². The number of aliphatic hydroxyl groups is 1. The summed E-state index contributed by atoms with van der Waals surface area (Å²) in [4.78, 5) is 19.6. The van der Waals surface area contributed by atoms with Crippen molar-refractivity contribution in [2.45, 2.75) is 51.6 Å². The Kier molecular flexibility index (Phi) is 7.13. The van der Waals surface area contributed by atoms with Gasteiger partial charge in [0.25, 0.3) is 0 Å². The van der Waals surface area contributed by atoms with Crippen LogP contribution >= 0.6 is 0 Å². The molecular weight excluding hydrogens is 500 g/mol. The fourth-order valence-corrected chi connectivity index (χ4v) is 5.23. The number of alkyl halides is 3. The Morgan fingerprint density at radius 2 is 1.74 bits per heavy atom. The topological polar surface area (TPSA) is 68.6 Å². The van der Waals surface area contributed by atoms with Gasteiger partial charge in [-0.15, -0.1) is 0 Å². The van der Waals surface area contributed by atoms with Gasteiger partial charge in [0.1, 0.15) is 17.5 Å². The zero-order chi connectivity index (χ0) is 27.0. The van der Waals surface area contributed by atoms with Crippen molar-refractivity contribution in [3.8, 4) is 11.3 Å². The molecule has 7 nitrogen and oxygen atoms in total. The summed E-state index contributed by atoms with van der Waals surface area (Å²) in [5, 5.41) is 9.31. The molecule has 0 saturated carbocycles. The van der Waals surface area contributed by atoms with E-state index in [0.717, 1.165) is 31.0 Å². The zero-order valence-corrected chi connectivity index (χ0v) is 21.3. The van der Waals surface area contributed by atoms with Crippen LogP contribution in [0.1, 0.15) is 37.8 Å². The third-order valence-corrected chi connectivity index (χ3v) is 7.28. The molecule has 0 unspecified atom stereocenters. The van der Waals surface area contributed by atoms with E-state index in [0.29, 0.717) is 37.1 Å². The van der Waals surface area contributed by atoms with Gasteiger partial charge in [0.05, 0.1) is 17.9 Å². The molecule has 2 aliphatic rings. The predicted molar refractivity (Wildman–Crippen MR) is 138 cm³/mol. The number of piperazine rings is 1. The first-order chi connectivity index (χ1) is 18.1. The second-order valence-electron chi connectivity index (χ2n) is 9.96. The van der Waals surface area contributed by atoms with E-state index in [-0.39, 0.29) is 29.3 Å². The van der Waals surface area contributed by atoms with E-state index < -0.39 is 18.3 Å². The van der Waals surface area contributed by atoms with E-state index in [1.807, 2.05) is 13.0 Å². The summed E-state index contributed by atoms with van der Waals surface area (Å²) < 4.78 is 55.0. The van der Waals surface area contributed by atoms with Gasteiger partial charge in [-0.05, 0) is 62.6 Å². The molecule has 0 amide bonds. The van der Waals surface area contributed by atoms with E-state index in [4.69, 9.17) is 9.97 Å². The Bertz CT molecular complexity index is 1290. The van der Waals surface area contributed by atoms with Crippen LogP contribution in [-0.2, 0) is 12.8 Å². The summed E-state index contributed by atoms with van der Waals surface area (Å²) in [6.45, 7) is 5.45. The largest absolute Gasteiger partial charge is 0.419 e. The van der Waals surface area contributed by atoms with Gasteiger partial charge in [-0.25, -0.2) is 14.4 Å². The number of benzene rings is 1. The molecule has 38 heavy (non-hydrogen) atoms. The fraction of sp³-hybridized carbons (Fsp3) is 0.444. The Hall–Kier alpha value is -3.47. The van der Waals surface area contributed by atoms with Crippen molar-refractivity contribution in [3.63, 3.8) is 0 Å². The van der Waals surface area contributed by atoms with Gasteiger partial charge < -0.3 is 19.8 Å². The Morgan fingerprint density at radius 3 is 2.37 bits per heavy atom. The lowest BCUT2D eigenvalue weighted by molar-refractivity contribution is -0.137. The van der Waals surface area contributed by atoms with E-state index in [2.05, 4.69) is 21.7 Å². The van der Waals surface area contributed by atoms with Crippen LogP contribution < -0.4 is 14.7 Å². The lowest BCUT2D eigenvalue weighted by atomic mass is 10.1. The molecule has 0 spiro atoms. The molecule has 3 aromatic rings. The highest BCUT2D eigenvalue weighted by Gasteiger charge is 2.38. The second-order valence-corrected chi connectivity index (χ2v) is 9.96. The number of nitrogens with zero attached hydrogens (tertiary/aromatic N) is 6. The number of anilines is 3. The molecule has 2 aliphatic heterocycles. The standard InChI is InChI=1S/C27H30F4N6O/c1-17-4-3-9-37(17)26-33-23(20-5-7-21(28)8-6-20)13-24(34-26)36-11-10-35(15-18(36)2)25-22(27(29,30)31)12-19(16-38)14-32-25/h5-8,12-14,17-18,38H,3-4,9-11,15-16H2,1-2H3/t17-,18+/m0/s1. The minimum absolute atomic E-state index is 0.116. The van der Waals surface area contributed by atoms with Crippen LogP contribution in [0.2, 0.25) is 0 Å². The van der Waals surface area contributed by atoms with Gasteiger partial charge in [-0.1, -0.05) is 0 Å². The number of halogens is 4. The molecular formula is C27H30F4N6O. The maximum Gasteiger partial charge on any atom is 0.419 e. The van der Waals surface area contributed by atoms with Crippen LogP contribution in [0.4, 0.5) is 35.1 Å². The molecule has 0 aliphatic carbocycles. The first-order valence-electron chi connectivity index (χ1n) is 12.7. The second kappa shape index (κ2) is 10.4. The highest BCUT2D eigenvalue weighted by atomic mass is 19.4. The molecule has 202 valence electrons. The van der Waals surface area contributed by atoms with Gasteiger partial charge >= 0.3 is 6.18 Å². The number of pyridine rings is 1. The molecule has 0 radical (unpaired) electrons. The number of rotatable bonds is 5. The SMILES string of the molecule is C[C@@H]1CN(c2ncc(CO)cc2C(F)(F)F)CCN1c1cc(-c2ccc(F)cc2)nc(N2CCC[C@@H]2C)n1. The van der Waals surface area contributed by atoms with E-state index in [1.54, 1.807) is 17.0 Å². The predicted octanol–water partition coefficient (Wildman–Crippen LogP) is 4.89. The van der Waals surface area contributed by atoms with Gasteiger partial charge in [0.15, 0.2) is 0 Å². The van der Waals surface area contributed by atoms with Crippen LogP contribution in [0.15, 0.2) is 42.6 Å². The van der Waals surface area contributed by atoms with Crippen molar-refractivity contribution in [2.75, 3.05) is 40.9 Å². The van der Waals surface area contributed by atoms with Crippen LogP contribution in [0.25, 0.3) is 11.3 Å². The minimum Gasteiger partial charge on any atom is -0.392 e. The van der Waals surface area contributed by atoms with Crippen molar-refractivity contribution < 1.29 is 22.7 Å². The van der Waals surface area contributed by atoms with Crippen LogP contribution in [0.3, 0.4) is 0 Å². The Balaban J connectivity index is 1.46. The highest BCUT2D eigenvalue weighted by molar-refractivity contribution is 5.66. The summed E-state index contributed by atoms with van der Waals surface area (Å²) >= 11 is 0. The molecule has 1 N–H and O–H groups in total. The molecule has 11 heteroatoms. The summed E-state index contributed by atoms with van der Waals surface area (Å²) in [5.41, 5.74) is 0.693. The Morgan fingerprint density at radius 1 is 0.974 bits per heavy atom. The molecule has 2 atom stereocenters. The monoisotopic (exact) mass is 530 g/mol. The minimum atomic E-state index is -4.59. The van der Waals surface area contributed by atoms with Crippen molar-refractivity contribution in [2.24, 2.45) is 0 Å². The van der Waals surface area contributed by atoms with Crippen LogP contribution in [-0.4, -0.2) is 58.3 Å². The van der Waals surface area contributed by atoms with Gasteiger partial charge in [-0.3, -0.25) is 0 Å². The highest BCUT2D eigenvalue weighted by Crippen LogP contribution is 2.37. The Labute approximate surface area is 218 Å². The van der Waals surface area contributed by atoms with E-state index >= 15 is 0 Å².